The van der Waals surface area contributed by atoms with E-state index in [0.29, 0.717) is 18.3 Å². The maximum Gasteiger partial charge on any atom is 0.228 e. The molecule has 5 heteroatoms. The van der Waals surface area contributed by atoms with Crippen LogP contribution in [0.1, 0.15) is 44.6 Å². The number of fused-ring (bicyclic) bond motifs is 1. The van der Waals surface area contributed by atoms with Gasteiger partial charge in [0.1, 0.15) is 0 Å². The highest BCUT2D eigenvalue weighted by molar-refractivity contribution is 5.95. The van der Waals surface area contributed by atoms with Gasteiger partial charge < -0.3 is 9.88 Å². The number of amides is 1. The summed E-state index contributed by atoms with van der Waals surface area (Å²) in [5.41, 5.74) is 5.09. The van der Waals surface area contributed by atoms with Crippen LogP contribution < -0.4 is 5.32 Å². The van der Waals surface area contributed by atoms with Crippen LogP contribution in [0.2, 0.25) is 0 Å². The fourth-order valence-corrected chi connectivity index (χ4v) is 3.71. The molecule has 1 N–H and O–H groups in total. The maximum absolute atomic E-state index is 12.7. The van der Waals surface area contributed by atoms with Crippen LogP contribution in [0.4, 0.5) is 5.69 Å². The Kier molecular flexibility index (Phi) is 5.92. The summed E-state index contributed by atoms with van der Waals surface area (Å²) in [5.74, 6) is 1.11. The number of benzene rings is 1. The molecule has 0 unspecified atom stereocenters. The van der Waals surface area contributed by atoms with E-state index < -0.39 is 0 Å². The van der Waals surface area contributed by atoms with E-state index >= 15 is 0 Å². The van der Waals surface area contributed by atoms with Crippen molar-refractivity contribution in [1.82, 2.24) is 14.3 Å². The van der Waals surface area contributed by atoms with Crippen LogP contribution in [0.5, 0.6) is 0 Å². The fraction of sp³-hybridized carbons (Fsp3) is 0.478. The van der Waals surface area contributed by atoms with Crippen molar-refractivity contribution in [3.63, 3.8) is 0 Å². The highest BCUT2D eigenvalue weighted by Gasteiger charge is 2.16. The molecule has 0 bridgehead atoms. The third-order valence-corrected chi connectivity index (χ3v) is 5.02. The zero-order chi connectivity index (χ0) is 20.4. The third kappa shape index (κ3) is 4.46. The van der Waals surface area contributed by atoms with Gasteiger partial charge in [-0.1, -0.05) is 27.7 Å². The molecule has 3 aromatic rings. The number of nitrogens with zero attached hydrogens (tertiary/aromatic N) is 3. The van der Waals surface area contributed by atoms with E-state index in [9.17, 15) is 4.79 Å². The minimum Gasteiger partial charge on any atom is -0.347 e. The molecule has 1 amide bonds. The number of carbonyl (C=O) groups excluding carboxylic acids is 1. The lowest BCUT2D eigenvalue weighted by molar-refractivity contribution is -0.115. The Hall–Kier alpha value is -2.56. The lowest BCUT2D eigenvalue weighted by Gasteiger charge is -2.10. The van der Waals surface area contributed by atoms with Crippen LogP contribution in [-0.4, -0.2) is 20.3 Å². The molecular formula is C23H32N4O. The second-order valence-electron chi connectivity index (χ2n) is 8.59. The summed E-state index contributed by atoms with van der Waals surface area (Å²) in [6.07, 6.45) is 2.47. The molecule has 0 saturated heterocycles. The second-order valence-corrected chi connectivity index (χ2v) is 8.59. The highest BCUT2D eigenvalue weighted by Crippen LogP contribution is 2.22. The molecule has 0 radical (unpaired) electrons. The number of aryl methyl sites for hydroxylation is 1. The van der Waals surface area contributed by atoms with Gasteiger partial charge in [0.15, 0.2) is 0 Å². The van der Waals surface area contributed by atoms with Crippen LogP contribution in [0, 0.1) is 25.7 Å². The smallest absolute Gasteiger partial charge is 0.228 e. The van der Waals surface area contributed by atoms with Crippen molar-refractivity contribution in [2.45, 2.75) is 61.1 Å². The molecular weight excluding hydrogens is 348 g/mol. The molecule has 2 aromatic heterocycles. The van der Waals surface area contributed by atoms with Crippen molar-refractivity contribution in [3.8, 4) is 0 Å². The van der Waals surface area contributed by atoms with Crippen molar-refractivity contribution in [1.29, 1.82) is 0 Å². The van der Waals surface area contributed by atoms with Gasteiger partial charge in [0.2, 0.25) is 5.91 Å². The average molecular weight is 381 g/mol. The summed E-state index contributed by atoms with van der Waals surface area (Å²) in [6, 6.07) is 8.23. The van der Waals surface area contributed by atoms with Gasteiger partial charge in [0, 0.05) is 47.1 Å². The fourth-order valence-electron chi connectivity index (χ4n) is 3.71. The first kappa shape index (κ1) is 20.2. The summed E-state index contributed by atoms with van der Waals surface area (Å²) >= 11 is 0. The van der Waals surface area contributed by atoms with E-state index in [2.05, 4.69) is 67.9 Å². The Morgan fingerprint density at radius 1 is 1.07 bits per heavy atom. The normalized spacial score (nSPS) is 11.7. The number of rotatable bonds is 7. The summed E-state index contributed by atoms with van der Waals surface area (Å²) in [6.45, 7) is 14.7. The molecule has 150 valence electrons. The standard InChI is InChI=1S/C23H32N4O/c1-15(2)13-26-10-9-19-11-20(7-8-22(19)26)24-23(28)12-21-17(5)25-27(18(21)6)14-16(3)4/h7-11,15-16H,12-14H2,1-6H3,(H,24,28). The van der Waals surface area contributed by atoms with Crippen LogP contribution in [-0.2, 0) is 24.3 Å². The van der Waals surface area contributed by atoms with Crippen LogP contribution >= 0.6 is 0 Å². The minimum absolute atomic E-state index is 0.00346. The number of aromatic nitrogens is 3. The van der Waals surface area contributed by atoms with Gasteiger partial charge in [-0.3, -0.25) is 9.48 Å². The highest BCUT2D eigenvalue weighted by atomic mass is 16.1. The van der Waals surface area contributed by atoms with E-state index in [1.807, 2.05) is 23.7 Å². The van der Waals surface area contributed by atoms with Gasteiger partial charge in [-0.2, -0.15) is 5.10 Å². The predicted molar refractivity (Wildman–Crippen MR) is 116 cm³/mol. The van der Waals surface area contributed by atoms with E-state index in [1.165, 1.54) is 5.52 Å². The van der Waals surface area contributed by atoms with Crippen molar-refractivity contribution >= 4 is 22.5 Å². The van der Waals surface area contributed by atoms with Crippen LogP contribution in [0.15, 0.2) is 30.5 Å². The van der Waals surface area contributed by atoms with Gasteiger partial charge in [-0.25, -0.2) is 0 Å². The predicted octanol–water partition coefficient (Wildman–Crippen LogP) is 4.95. The molecule has 1 aromatic carbocycles. The molecule has 0 aliphatic heterocycles. The van der Waals surface area contributed by atoms with Gasteiger partial charge >= 0.3 is 0 Å². The lowest BCUT2D eigenvalue weighted by Crippen LogP contribution is -2.15. The molecule has 28 heavy (non-hydrogen) atoms. The Bertz CT molecular complexity index is 978. The maximum atomic E-state index is 12.7. The first-order chi connectivity index (χ1) is 13.2. The molecule has 3 rings (SSSR count). The largest absolute Gasteiger partial charge is 0.347 e. The minimum atomic E-state index is -0.00346. The SMILES string of the molecule is Cc1nn(CC(C)C)c(C)c1CC(=O)Nc1ccc2c(ccn2CC(C)C)c1. The second kappa shape index (κ2) is 8.21. The van der Waals surface area contributed by atoms with Crippen molar-refractivity contribution in [2.24, 2.45) is 11.8 Å². The number of hydrogen-bond acceptors (Lipinski definition) is 2. The van der Waals surface area contributed by atoms with Crippen LogP contribution in [0.3, 0.4) is 0 Å². The summed E-state index contributed by atoms with van der Waals surface area (Å²) < 4.78 is 4.29. The van der Waals surface area contributed by atoms with E-state index in [0.717, 1.165) is 41.1 Å². The molecule has 0 saturated carbocycles. The molecule has 0 aliphatic carbocycles. The van der Waals surface area contributed by atoms with Gasteiger partial charge in [-0.15, -0.1) is 0 Å². The Balaban J connectivity index is 1.72. The van der Waals surface area contributed by atoms with Gasteiger partial charge in [0.05, 0.1) is 12.1 Å². The number of anilines is 1. The summed E-state index contributed by atoms with van der Waals surface area (Å²) in [5, 5.41) is 8.81. The molecule has 0 fully saturated rings. The Morgan fingerprint density at radius 3 is 2.46 bits per heavy atom. The molecule has 2 heterocycles. The monoisotopic (exact) mass is 380 g/mol. The van der Waals surface area contributed by atoms with Crippen molar-refractivity contribution in [2.75, 3.05) is 5.32 Å². The molecule has 0 aliphatic rings. The van der Waals surface area contributed by atoms with Gasteiger partial charge in [0.25, 0.3) is 0 Å². The average Bonchev–Trinajstić information content (AvgIpc) is 3.10. The third-order valence-electron chi connectivity index (χ3n) is 5.02. The zero-order valence-electron chi connectivity index (χ0n) is 17.9. The van der Waals surface area contributed by atoms with Gasteiger partial charge in [-0.05, 0) is 49.9 Å². The van der Waals surface area contributed by atoms with E-state index in [1.54, 1.807) is 0 Å². The topological polar surface area (TPSA) is 51.9 Å². The quantitative estimate of drug-likeness (QED) is 0.631. The number of hydrogen-bond donors (Lipinski definition) is 1. The van der Waals surface area contributed by atoms with E-state index in [-0.39, 0.29) is 5.91 Å². The molecule has 0 spiro atoms. The molecule has 5 nitrogen and oxygen atoms in total. The summed E-state index contributed by atoms with van der Waals surface area (Å²) in [7, 11) is 0. The number of nitrogens with one attached hydrogen (secondary N) is 1. The first-order valence-corrected chi connectivity index (χ1v) is 10.2. The van der Waals surface area contributed by atoms with Crippen molar-refractivity contribution in [3.05, 3.63) is 47.4 Å². The number of carbonyl (C=O) groups is 1. The Labute approximate surface area is 167 Å². The first-order valence-electron chi connectivity index (χ1n) is 10.2. The van der Waals surface area contributed by atoms with Crippen LogP contribution in [0.25, 0.3) is 10.9 Å². The Morgan fingerprint density at radius 2 is 1.79 bits per heavy atom. The zero-order valence-corrected chi connectivity index (χ0v) is 17.9. The van der Waals surface area contributed by atoms with Crippen molar-refractivity contribution < 1.29 is 4.79 Å². The lowest BCUT2D eigenvalue weighted by atomic mass is 10.1. The molecule has 0 atom stereocenters. The summed E-state index contributed by atoms with van der Waals surface area (Å²) in [4.78, 5) is 12.7. The van der Waals surface area contributed by atoms with E-state index in [4.69, 9.17) is 0 Å².